The van der Waals surface area contributed by atoms with E-state index in [2.05, 4.69) is 4.98 Å². The van der Waals surface area contributed by atoms with Gasteiger partial charge in [-0.05, 0) is 23.6 Å². The molecule has 7 nitrogen and oxygen atoms in total. The highest BCUT2D eigenvalue weighted by Crippen LogP contribution is 2.24. The average Bonchev–Trinajstić information content (AvgIpc) is 2.79. The molecule has 0 atom stereocenters. The number of hydrogen-bond acceptors (Lipinski definition) is 5. The monoisotopic (exact) mass is 427 g/mol. The van der Waals surface area contributed by atoms with Crippen molar-refractivity contribution in [3.05, 3.63) is 63.1 Å². The largest absolute Gasteiger partial charge is 0.496 e. The van der Waals surface area contributed by atoms with Crippen molar-refractivity contribution < 1.29 is 14.3 Å². The first kappa shape index (κ1) is 20.5. The van der Waals surface area contributed by atoms with Crippen LogP contribution >= 0.6 is 11.8 Å². The molecule has 30 heavy (non-hydrogen) atoms. The molecular weight excluding hydrogens is 402 g/mol. The molecule has 0 saturated carbocycles. The minimum absolute atomic E-state index is 0.00252. The number of amides is 2. The number of carbonyl (C=O) groups excluding carboxylic acids is 2. The van der Waals surface area contributed by atoms with E-state index in [0.29, 0.717) is 38.3 Å². The molecular formula is C22H25N3O4S. The summed E-state index contributed by atoms with van der Waals surface area (Å²) in [5.41, 5.74) is 2.37. The van der Waals surface area contributed by atoms with Gasteiger partial charge in [0.05, 0.1) is 13.5 Å². The summed E-state index contributed by atoms with van der Waals surface area (Å²) in [6.45, 7) is 2.20. The second-order valence-electron chi connectivity index (χ2n) is 7.46. The van der Waals surface area contributed by atoms with Crippen molar-refractivity contribution >= 4 is 23.6 Å². The van der Waals surface area contributed by atoms with Gasteiger partial charge in [-0.3, -0.25) is 14.4 Å². The summed E-state index contributed by atoms with van der Waals surface area (Å²) in [5.74, 6) is 2.29. The summed E-state index contributed by atoms with van der Waals surface area (Å²) in [7, 11) is 1.59. The van der Waals surface area contributed by atoms with Crippen LogP contribution in [-0.2, 0) is 24.2 Å². The van der Waals surface area contributed by atoms with Crippen molar-refractivity contribution in [3.8, 4) is 5.75 Å². The molecule has 0 aliphatic carbocycles. The van der Waals surface area contributed by atoms with Crippen molar-refractivity contribution in [3.63, 3.8) is 0 Å². The number of methoxy groups -OCH3 is 1. The van der Waals surface area contributed by atoms with Crippen molar-refractivity contribution in [1.82, 2.24) is 14.8 Å². The molecule has 0 unspecified atom stereocenters. The number of pyridine rings is 1. The number of carbonyl (C=O) groups is 2. The number of aromatic nitrogens is 1. The molecule has 0 spiro atoms. The van der Waals surface area contributed by atoms with Crippen LogP contribution in [-0.4, -0.2) is 64.8 Å². The molecule has 2 aliphatic rings. The Hall–Kier alpha value is -2.74. The lowest BCUT2D eigenvalue weighted by atomic mass is 9.95. The Kier molecular flexibility index (Phi) is 6.13. The van der Waals surface area contributed by atoms with Gasteiger partial charge in [-0.15, -0.1) is 0 Å². The zero-order chi connectivity index (χ0) is 21.1. The maximum Gasteiger partial charge on any atom is 0.261 e. The van der Waals surface area contributed by atoms with Crippen LogP contribution in [0.5, 0.6) is 5.75 Å². The molecule has 0 bridgehead atoms. The third kappa shape index (κ3) is 4.09. The van der Waals surface area contributed by atoms with E-state index in [9.17, 15) is 14.4 Å². The molecule has 2 aliphatic heterocycles. The fourth-order valence-corrected chi connectivity index (χ4v) is 4.96. The van der Waals surface area contributed by atoms with Crippen molar-refractivity contribution in [2.45, 2.75) is 19.4 Å². The number of nitrogens with zero attached hydrogens (tertiary/aromatic N) is 2. The van der Waals surface area contributed by atoms with Crippen LogP contribution in [0, 0.1) is 0 Å². The minimum Gasteiger partial charge on any atom is -0.496 e. The summed E-state index contributed by atoms with van der Waals surface area (Å²) >= 11 is 1.82. The molecule has 1 fully saturated rings. The molecule has 158 valence electrons. The highest BCUT2D eigenvalue weighted by atomic mass is 32.2. The first-order valence-corrected chi connectivity index (χ1v) is 11.2. The van der Waals surface area contributed by atoms with E-state index >= 15 is 0 Å². The molecule has 8 heteroatoms. The van der Waals surface area contributed by atoms with E-state index in [0.717, 1.165) is 28.2 Å². The third-order valence-electron chi connectivity index (χ3n) is 5.69. The fourth-order valence-electron chi connectivity index (χ4n) is 4.05. The summed E-state index contributed by atoms with van der Waals surface area (Å²) in [5, 5.41) is 0. The predicted octanol–water partition coefficient (Wildman–Crippen LogP) is 1.70. The van der Waals surface area contributed by atoms with Gasteiger partial charge in [-0.25, -0.2) is 0 Å². The fraction of sp³-hybridized carbons (Fsp3) is 0.409. The molecule has 2 amide bonds. The second-order valence-corrected chi connectivity index (χ2v) is 8.68. The molecule has 1 N–H and O–H groups in total. The lowest BCUT2D eigenvalue weighted by molar-refractivity contribution is -0.131. The van der Waals surface area contributed by atoms with Crippen LogP contribution in [0.3, 0.4) is 0 Å². The van der Waals surface area contributed by atoms with Gasteiger partial charge in [-0.2, -0.15) is 11.8 Å². The second kappa shape index (κ2) is 8.95. The Morgan fingerprint density at radius 2 is 1.90 bits per heavy atom. The Bertz CT molecular complexity index is 1010. The topological polar surface area (TPSA) is 82.7 Å². The van der Waals surface area contributed by atoms with Gasteiger partial charge in [0.15, 0.2) is 0 Å². The van der Waals surface area contributed by atoms with E-state index in [1.807, 2.05) is 36.0 Å². The van der Waals surface area contributed by atoms with E-state index < -0.39 is 0 Å². The van der Waals surface area contributed by atoms with Gasteiger partial charge in [0.1, 0.15) is 11.3 Å². The first-order valence-electron chi connectivity index (χ1n) is 10.1. The van der Waals surface area contributed by atoms with E-state index in [1.54, 1.807) is 23.1 Å². The van der Waals surface area contributed by atoms with Crippen LogP contribution in [0.25, 0.3) is 0 Å². The highest BCUT2D eigenvalue weighted by Gasteiger charge is 2.29. The summed E-state index contributed by atoms with van der Waals surface area (Å²) in [4.78, 5) is 44.7. The number of aromatic amines is 1. The van der Waals surface area contributed by atoms with Crippen molar-refractivity contribution in [1.29, 1.82) is 0 Å². The number of rotatable bonds is 4. The Morgan fingerprint density at radius 1 is 1.13 bits per heavy atom. The molecule has 4 rings (SSSR count). The number of nitrogens with one attached hydrogen (secondary N) is 1. The summed E-state index contributed by atoms with van der Waals surface area (Å²) < 4.78 is 5.35. The number of hydrogen-bond donors (Lipinski definition) is 1. The van der Waals surface area contributed by atoms with E-state index in [-0.39, 0.29) is 29.4 Å². The third-order valence-corrected chi connectivity index (χ3v) is 6.63. The number of para-hydroxylation sites is 1. The normalized spacial score (nSPS) is 16.2. The number of benzene rings is 1. The standard InChI is InChI=1S/C22H25N3O4S/c1-29-18-5-3-2-4-15(18)12-19(26)25-7-6-17-16(14-25)13-23-21(27)20(17)22(28)24-8-10-30-11-9-24/h2-5,13H,6-12,14H2,1H3,(H,23,27). The van der Waals surface area contributed by atoms with Gasteiger partial charge >= 0.3 is 0 Å². The molecule has 1 saturated heterocycles. The predicted molar refractivity (Wildman–Crippen MR) is 116 cm³/mol. The van der Waals surface area contributed by atoms with Crippen LogP contribution in [0.4, 0.5) is 0 Å². The molecule has 3 heterocycles. The smallest absolute Gasteiger partial charge is 0.261 e. The lowest BCUT2D eigenvalue weighted by Crippen LogP contribution is -2.43. The summed E-state index contributed by atoms with van der Waals surface area (Å²) in [6, 6.07) is 7.49. The van der Waals surface area contributed by atoms with Gasteiger partial charge in [0, 0.05) is 49.4 Å². The quantitative estimate of drug-likeness (QED) is 0.803. The highest BCUT2D eigenvalue weighted by molar-refractivity contribution is 7.99. The average molecular weight is 428 g/mol. The number of ether oxygens (including phenoxy) is 1. The van der Waals surface area contributed by atoms with Crippen LogP contribution < -0.4 is 10.3 Å². The SMILES string of the molecule is COc1ccccc1CC(=O)N1CCc2c(c[nH]c(=O)c2C(=O)N2CCSCC2)C1. The first-order chi connectivity index (χ1) is 14.6. The zero-order valence-electron chi connectivity index (χ0n) is 17.0. The van der Waals surface area contributed by atoms with Crippen LogP contribution in [0.15, 0.2) is 35.3 Å². The minimum atomic E-state index is -0.342. The van der Waals surface area contributed by atoms with Gasteiger partial charge in [-0.1, -0.05) is 18.2 Å². The Labute approximate surface area is 179 Å². The number of fused-ring (bicyclic) bond motifs is 1. The maximum atomic E-state index is 13.0. The Morgan fingerprint density at radius 3 is 2.67 bits per heavy atom. The van der Waals surface area contributed by atoms with E-state index in [4.69, 9.17) is 4.74 Å². The van der Waals surface area contributed by atoms with Gasteiger partial charge in [0.25, 0.3) is 11.5 Å². The van der Waals surface area contributed by atoms with Crippen molar-refractivity contribution in [2.75, 3.05) is 38.2 Å². The summed E-state index contributed by atoms with van der Waals surface area (Å²) in [6.07, 6.45) is 2.39. The van der Waals surface area contributed by atoms with Crippen LogP contribution in [0.2, 0.25) is 0 Å². The number of H-pyrrole nitrogens is 1. The van der Waals surface area contributed by atoms with Crippen LogP contribution in [0.1, 0.15) is 27.0 Å². The van der Waals surface area contributed by atoms with E-state index in [1.165, 1.54) is 0 Å². The van der Waals surface area contributed by atoms with Gasteiger partial charge in [0.2, 0.25) is 5.91 Å². The Balaban J connectivity index is 1.53. The molecule has 1 aromatic carbocycles. The van der Waals surface area contributed by atoms with Crippen molar-refractivity contribution in [2.24, 2.45) is 0 Å². The molecule has 1 aromatic heterocycles. The molecule has 2 aromatic rings. The maximum absolute atomic E-state index is 13.0. The molecule has 0 radical (unpaired) electrons. The number of thioether (sulfide) groups is 1. The van der Waals surface area contributed by atoms with Gasteiger partial charge < -0.3 is 19.5 Å². The lowest BCUT2D eigenvalue weighted by Gasteiger charge is -2.31. The zero-order valence-corrected chi connectivity index (χ0v) is 17.8.